The summed E-state index contributed by atoms with van der Waals surface area (Å²) in [5.74, 6) is 1.99. The maximum Gasteiger partial charge on any atom is 0.245 e. The van der Waals surface area contributed by atoms with Gasteiger partial charge in [0.2, 0.25) is 5.88 Å². The van der Waals surface area contributed by atoms with Crippen molar-refractivity contribution in [3.63, 3.8) is 0 Å². The monoisotopic (exact) mass is 354 g/mol. The van der Waals surface area contributed by atoms with Crippen LogP contribution < -0.4 is 4.74 Å². The fourth-order valence-electron chi connectivity index (χ4n) is 1.97. The molecule has 6 heteroatoms. The number of hydrogen-bond donors (Lipinski definition) is 1. The van der Waals surface area contributed by atoms with Gasteiger partial charge in [0.05, 0.1) is 0 Å². The van der Waals surface area contributed by atoms with Crippen molar-refractivity contribution in [1.29, 1.82) is 0 Å². The van der Waals surface area contributed by atoms with Crippen LogP contribution in [0.1, 0.15) is 5.82 Å². The molecule has 0 unspecified atom stereocenters. The van der Waals surface area contributed by atoms with Crippen LogP contribution in [0.5, 0.6) is 11.6 Å². The van der Waals surface area contributed by atoms with Gasteiger partial charge in [0.25, 0.3) is 0 Å². The van der Waals surface area contributed by atoms with Crippen molar-refractivity contribution in [2.45, 2.75) is 6.92 Å². The van der Waals surface area contributed by atoms with Gasteiger partial charge >= 0.3 is 0 Å². The van der Waals surface area contributed by atoms with E-state index in [2.05, 4.69) is 9.97 Å². The van der Waals surface area contributed by atoms with Gasteiger partial charge in [-0.05, 0) is 43.3 Å². The molecule has 2 aromatic carbocycles. The lowest BCUT2D eigenvalue weighted by atomic mass is 10.2. The minimum atomic E-state index is 0. The van der Waals surface area contributed by atoms with Crippen molar-refractivity contribution in [1.82, 2.24) is 9.97 Å². The summed E-state index contributed by atoms with van der Waals surface area (Å²) in [7, 11) is 0. The lowest BCUT2D eigenvalue weighted by Crippen LogP contribution is -1.87. The van der Waals surface area contributed by atoms with Crippen molar-refractivity contribution < 1.29 is 4.74 Å². The molecule has 1 aromatic heterocycles. The van der Waals surface area contributed by atoms with Gasteiger partial charge in [0.1, 0.15) is 17.3 Å². The Bertz CT molecular complexity index is 752. The van der Waals surface area contributed by atoms with E-state index in [1.807, 2.05) is 31.2 Å². The molecule has 3 nitrogen and oxygen atoms in total. The minimum absolute atomic E-state index is 0. The highest BCUT2D eigenvalue weighted by molar-refractivity contribution is 6.30. The maximum atomic E-state index is 5.92. The molecule has 0 aliphatic rings. The van der Waals surface area contributed by atoms with E-state index in [1.54, 1.807) is 24.3 Å². The third kappa shape index (κ3) is 3.74. The van der Waals surface area contributed by atoms with Crippen molar-refractivity contribution in [3.05, 3.63) is 64.4 Å². The highest BCUT2D eigenvalue weighted by Crippen LogP contribution is 2.32. The van der Waals surface area contributed by atoms with Gasteiger partial charge in [-0.15, -0.1) is 12.4 Å². The van der Waals surface area contributed by atoms with Crippen molar-refractivity contribution in [2.75, 3.05) is 0 Å². The zero-order chi connectivity index (χ0) is 14.8. The topological polar surface area (TPSA) is 37.9 Å². The van der Waals surface area contributed by atoms with E-state index in [4.69, 9.17) is 27.9 Å². The predicted octanol–water partition coefficient (Wildman–Crippen LogP) is 5.91. The number of rotatable bonds is 3. The summed E-state index contributed by atoms with van der Waals surface area (Å²) in [5.41, 5.74) is 1.78. The first-order chi connectivity index (χ1) is 10.1. The molecule has 0 bridgehead atoms. The van der Waals surface area contributed by atoms with Crippen LogP contribution >= 0.6 is 35.6 Å². The van der Waals surface area contributed by atoms with Crippen LogP contribution in [0.3, 0.4) is 0 Å². The van der Waals surface area contributed by atoms with Crippen LogP contribution in [0.25, 0.3) is 11.3 Å². The van der Waals surface area contributed by atoms with Gasteiger partial charge in [-0.1, -0.05) is 35.3 Å². The second-order valence-electron chi connectivity index (χ2n) is 4.57. The number of nitrogens with one attached hydrogen (secondary N) is 1. The molecular formula is C16H13Cl3N2O. The van der Waals surface area contributed by atoms with E-state index in [0.717, 1.165) is 17.1 Å². The van der Waals surface area contributed by atoms with Crippen LogP contribution in [-0.4, -0.2) is 9.97 Å². The zero-order valence-electron chi connectivity index (χ0n) is 11.6. The summed E-state index contributed by atoms with van der Waals surface area (Å²) in [4.78, 5) is 7.59. The zero-order valence-corrected chi connectivity index (χ0v) is 14.0. The molecule has 0 radical (unpaired) electrons. The fourth-order valence-corrected chi connectivity index (χ4v) is 2.22. The van der Waals surface area contributed by atoms with Crippen LogP contribution in [0.4, 0.5) is 0 Å². The standard InChI is InChI=1S/C16H12Cl2N2O.ClH/c1-10-19-15(11-2-4-12(17)5-3-11)16(20-10)21-14-8-6-13(18)7-9-14;/h2-9H,1H3,(H,19,20);1H. The van der Waals surface area contributed by atoms with E-state index >= 15 is 0 Å². The van der Waals surface area contributed by atoms with Gasteiger partial charge in [0.15, 0.2) is 0 Å². The van der Waals surface area contributed by atoms with Gasteiger partial charge in [-0.3, -0.25) is 0 Å². The van der Waals surface area contributed by atoms with E-state index in [9.17, 15) is 0 Å². The van der Waals surface area contributed by atoms with Crippen molar-refractivity contribution in [3.8, 4) is 22.9 Å². The summed E-state index contributed by atoms with van der Waals surface area (Å²) in [5, 5.41) is 1.36. The number of imidazole rings is 1. The number of aryl methyl sites for hydroxylation is 1. The molecule has 0 fully saturated rings. The van der Waals surface area contributed by atoms with E-state index in [1.165, 1.54) is 0 Å². The van der Waals surface area contributed by atoms with Crippen LogP contribution in [0.15, 0.2) is 48.5 Å². The summed E-state index contributed by atoms with van der Waals surface area (Å²) in [6.45, 7) is 1.88. The molecule has 22 heavy (non-hydrogen) atoms. The quantitative estimate of drug-likeness (QED) is 0.634. The molecule has 3 aromatic rings. The highest BCUT2D eigenvalue weighted by Gasteiger charge is 2.12. The Labute approximate surface area is 144 Å². The molecule has 0 aliphatic carbocycles. The second-order valence-corrected chi connectivity index (χ2v) is 5.44. The molecule has 1 N–H and O–H groups in total. The molecule has 0 aliphatic heterocycles. The average Bonchev–Trinajstić information content (AvgIpc) is 2.83. The average molecular weight is 356 g/mol. The van der Waals surface area contributed by atoms with Gasteiger partial charge < -0.3 is 9.72 Å². The van der Waals surface area contributed by atoms with Crippen LogP contribution in [0.2, 0.25) is 10.0 Å². The van der Waals surface area contributed by atoms with Crippen molar-refractivity contribution in [2.24, 2.45) is 0 Å². The Hall–Kier alpha value is -1.68. The molecular weight excluding hydrogens is 343 g/mol. The molecule has 0 spiro atoms. The number of ether oxygens (including phenoxy) is 1. The fraction of sp³-hybridized carbons (Fsp3) is 0.0625. The summed E-state index contributed by atoms with van der Waals surface area (Å²) in [6, 6.07) is 14.7. The van der Waals surface area contributed by atoms with Crippen molar-refractivity contribution >= 4 is 35.6 Å². The minimum Gasteiger partial charge on any atom is -0.437 e. The summed E-state index contributed by atoms with van der Waals surface area (Å²) < 4.78 is 5.84. The van der Waals surface area contributed by atoms with Gasteiger partial charge in [-0.25, -0.2) is 0 Å². The molecule has 0 amide bonds. The van der Waals surface area contributed by atoms with Crippen LogP contribution in [-0.2, 0) is 0 Å². The molecule has 114 valence electrons. The first kappa shape index (κ1) is 16.7. The largest absolute Gasteiger partial charge is 0.437 e. The second kappa shape index (κ2) is 7.05. The molecule has 1 heterocycles. The number of H-pyrrole nitrogens is 1. The Morgan fingerprint density at radius 1 is 0.909 bits per heavy atom. The Kier molecular flexibility index (Phi) is 5.35. The number of nitrogens with zero attached hydrogens (tertiary/aromatic N) is 1. The lowest BCUT2D eigenvalue weighted by Gasteiger charge is -2.05. The van der Waals surface area contributed by atoms with E-state index in [0.29, 0.717) is 21.7 Å². The smallest absolute Gasteiger partial charge is 0.245 e. The first-order valence-electron chi connectivity index (χ1n) is 6.38. The highest BCUT2D eigenvalue weighted by atomic mass is 35.5. The Morgan fingerprint density at radius 2 is 1.45 bits per heavy atom. The van der Waals surface area contributed by atoms with Gasteiger partial charge in [0, 0.05) is 15.6 Å². The number of benzene rings is 2. The third-order valence-electron chi connectivity index (χ3n) is 2.95. The number of hydrogen-bond acceptors (Lipinski definition) is 2. The maximum absolute atomic E-state index is 5.92. The van der Waals surface area contributed by atoms with Gasteiger partial charge in [-0.2, -0.15) is 4.98 Å². The molecule has 0 saturated heterocycles. The summed E-state index contributed by atoms with van der Waals surface area (Å²) in [6.07, 6.45) is 0. The Balaban J connectivity index is 0.00000176. The number of halogens is 3. The Morgan fingerprint density at radius 3 is 2.05 bits per heavy atom. The van der Waals surface area contributed by atoms with Crippen LogP contribution in [0, 0.1) is 6.92 Å². The predicted molar refractivity (Wildman–Crippen MR) is 92.5 cm³/mol. The lowest BCUT2D eigenvalue weighted by molar-refractivity contribution is 0.467. The number of aromatic nitrogens is 2. The van der Waals surface area contributed by atoms with E-state index < -0.39 is 0 Å². The number of aromatic amines is 1. The summed E-state index contributed by atoms with van der Waals surface area (Å²) >= 11 is 11.8. The first-order valence-corrected chi connectivity index (χ1v) is 7.13. The third-order valence-corrected chi connectivity index (χ3v) is 3.45. The SMILES string of the molecule is Cc1nc(Oc2ccc(Cl)cc2)c(-c2ccc(Cl)cc2)[nH]1.Cl. The molecule has 0 saturated carbocycles. The normalized spacial score (nSPS) is 10.1. The van der Waals surface area contributed by atoms with E-state index in [-0.39, 0.29) is 12.4 Å². The molecule has 3 rings (SSSR count). The molecule has 0 atom stereocenters.